The minimum atomic E-state index is -0.840. The SMILES string of the molecule is CCCCCCCC/C=C/CCCCCCCCC(=O)Nc1ccccc1NC(=O)CCNC(=O)C1OC(C)(C)OCC1(C)C. The van der Waals surface area contributed by atoms with Crippen LogP contribution in [0.1, 0.15) is 137 Å². The van der Waals surface area contributed by atoms with Gasteiger partial charge in [0, 0.05) is 24.8 Å². The highest BCUT2D eigenvalue weighted by Gasteiger charge is 2.45. The van der Waals surface area contributed by atoms with Gasteiger partial charge in [-0.15, -0.1) is 0 Å². The first-order valence-corrected chi connectivity index (χ1v) is 17.5. The van der Waals surface area contributed by atoms with Gasteiger partial charge in [0.15, 0.2) is 5.79 Å². The molecule has 1 heterocycles. The molecule has 0 radical (unpaired) electrons. The Hall–Kier alpha value is -2.71. The van der Waals surface area contributed by atoms with E-state index in [-0.39, 0.29) is 30.7 Å². The van der Waals surface area contributed by atoms with Crippen molar-refractivity contribution in [3.8, 4) is 0 Å². The summed E-state index contributed by atoms with van der Waals surface area (Å²) in [6, 6.07) is 7.18. The molecular formula is C37H61N3O5. The monoisotopic (exact) mass is 627 g/mol. The Morgan fingerprint density at radius 2 is 1.27 bits per heavy atom. The standard InChI is InChI=1S/C37H61N3O5/c1-6-7-8-9-10-11-12-13-14-15-16-17-18-19-20-21-26-32(41)39-30-24-22-23-25-31(30)40-33(42)27-28-38-35(43)34-36(2,3)29-44-37(4,5)45-34/h13-14,22-25,34H,6-12,15-21,26-29H2,1-5H3,(H,38,43)(H,39,41)(H,40,42)/b14-13+. The molecule has 3 amide bonds. The van der Waals surface area contributed by atoms with Crippen LogP contribution >= 0.6 is 0 Å². The number of hydrogen-bond acceptors (Lipinski definition) is 5. The maximum Gasteiger partial charge on any atom is 0.249 e. The largest absolute Gasteiger partial charge is 0.353 e. The molecule has 45 heavy (non-hydrogen) atoms. The lowest BCUT2D eigenvalue weighted by Crippen LogP contribution is -2.56. The van der Waals surface area contributed by atoms with Crippen LogP contribution in [-0.2, 0) is 23.9 Å². The molecule has 1 fully saturated rings. The highest BCUT2D eigenvalue weighted by atomic mass is 16.7. The number of unbranched alkanes of at least 4 members (excludes halogenated alkanes) is 12. The number of para-hydroxylation sites is 2. The number of carbonyl (C=O) groups excluding carboxylic acids is 3. The summed E-state index contributed by atoms with van der Waals surface area (Å²) in [5.41, 5.74) is 0.631. The van der Waals surface area contributed by atoms with Crippen molar-refractivity contribution in [2.24, 2.45) is 5.41 Å². The van der Waals surface area contributed by atoms with Gasteiger partial charge in [-0.05, 0) is 58.1 Å². The Bertz CT molecular complexity index is 1050. The maximum atomic E-state index is 12.8. The fraction of sp³-hybridized carbons (Fsp3) is 0.703. The number of ether oxygens (including phenoxy) is 2. The van der Waals surface area contributed by atoms with Crippen molar-refractivity contribution in [2.45, 2.75) is 149 Å². The smallest absolute Gasteiger partial charge is 0.249 e. The molecule has 1 aliphatic rings. The molecule has 1 aromatic carbocycles. The Balaban J connectivity index is 1.58. The number of anilines is 2. The summed E-state index contributed by atoms with van der Waals surface area (Å²) in [5.74, 6) is -1.41. The Morgan fingerprint density at radius 3 is 1.84 bits per heavy atom. The number of allylic oxidation sites excluding steroid dienone is 2. The second-order valence-corrected chi connectivity index (χ2v) is 13.5. The third-order valence-corrected chi connectivity index (χ3v) is 8.18. The molecule has 8 heteroatoms. The molecule has 254 valence electrons. The van der Waals surface area contributed by atoms with Crippen LogP contribution in [0.25, 0.3) is 0 Å². The third kappa shape index (κ3) is 16.4. The molecule has 1 unspecified atom stereocenters. The zero-order chi connectivity index (χ0) is 33.0. The number of hydrogen-bond donors (Lipinski definition) is 3. The number of carbonyl (C=O) groups is 3. The molecule has 1 atom stereocenters. The molecule has 0 spiro atoms. The van der Waals surface area contributed by atoms with Crippen molar-refractivity contribution >= 4 is 29.1 Å². The number of amides is 3. The highest BCUT2D eigenvalue weighted by Crippen LogP contribution is 2.34. The van der Waals surface area contributed by atoms with Crippen LogP contribution in [0, 0.1) is 5.41 Å². The summed E-state index contributed by atoms with van der Waals surface area (Å²) in [7, 11) is 0. The average Bonchev–Trinajstić information content (AvgIpc) is 2.99. The molecule has 8 nitrogen and oxygen atoms in total. The number of rotatable bonds is 22. The third-order valence-electron chi connectivity index (χ3n) is 8.18. The predicted molar refractivity (Wildman–Crippen MR) is 184 cm³/mol. The van der Waals surface area contributed by atoms with E-state index in [2.05, 4.69) is 35.0 Å². The first kappa shape index (κ1) is 38.5. The van der Waals surface area contributed by atoms with E-state index >= 15 is 0 Å². The quantitative estimate of drug-likeness (QED) is 0.0881. The van der Waals surface area contributed by atoms with E-state index in [1.807, 2.05) is 26.0 Å². The Kier molecular flexibility index (Phi) is 18.1. The van der Waals surface area contributed by atoms with Crippen LogP contribution in [0.5, 0.6) is 0 Å². The lowest BCUT2D eigenvalue weighted by molar-refractivity contribution is -0.304. The summed E-state index contributed by atoms with van der Waals surface area (Å²) >= 11 is 0. The van der Waals surface area contributed by atoms with Gasteiger partial charge in [-0.25, -0.2) is 0 Å². The van der Waals surface area contributed by atoms with Crippen LogP contribution in [0.4, 0.5) is 11.4 Å². The van der Waals surface area contributed by atoms with Crippen LogP contribution in [-0.4, -0.2) is 42.8 Å². The minimum absolute atomic E-state index is 0.0542. The molecular weight excluding hydrogens is 566 g/mol. The van der Waals surface area contributed by atoms with E-state index in [1.165, 1.54) is 70.6 Å². The Morgan fingerprint density at radius 1 is 0.756 bits per heavy atom. The average molecular weight is 628 g/mol. The van der Waals surface area contributed by atoms with Gasteiger partial charge in [-0.1, -0.05) is 103 Å². The van der Waals surface area contributed by atoms with Gasteiger partial charge in [-0.2, -0.15) is 0 Å². The van der Waals surface area contributed by atoms with Crippen molar-refractivity contribution in [2.75, 3.05) is 23.8 Å². The number of benzene rings is 1. The molecule has 0 bridgehead atoms. The second kappa shape index (κ2) is 21.2. The first-order valence-electron chi connectivity index (χ1n) is 17.5. The van der Waals surface area contributed by atoms with Gasteiger partial charge in [0.2, 0.25) is 17.7 Å². The van der Waals surface area contributed by atoms with Crippen molar-refractivity contribution in [3.63, 3.8) is 0 Å². The van der Waals surface area contributed by atoms with E-state index in [1.54, 1.807) is 26.0 Å². The second-order valence-electron chi connectivity index (χ2n) is 13.5. The summed E-state index contributed by atoms with van der Waals surface area (Å²) < 4.78 is 11.5. The van der Waals surface area contributed by atoms with E-state index in [4.69, 9.17) is 9.47 Å². The molecule has 1 aromatic rings. The number of nitrogens with one attached hydrogen (secondary N) is 3. The molecule has 0 aliphatic carbocycles. The predicted octanol–water partition coefficient (Wildman–Crippen LogP) is 8.68. The van der Waals surface area contributed by atoms with E-state index in [0.29, 0.717) is 24.4 Å². The van der Waals surface area contributed by atoms with Gasteiger partial charge in [-0.3, -0.25) is 14.4 Å². The molecule has 0 aromatic heterocycles. The minimum Gasteiger partial charge on any atom is -0.353 e. The van der Waals surface area contributed by atoms with Gasteiger partial charge >= 0.3 is 0 Å². The maximum absolute atomic E-state index is 12.8. The molecule has 2 rings (SSSR count). The van der Waals surface area contributed by atoms with Gasteiger partial charge in [0.1, 0.15) is 6.10 Å². The van der Waals surface area contributed by atoms with E-state index in [9.17, 15) is 14.4 Å². The van der Waals surface area contributed by atoms with Crippen LogP contribution in [0.3, 0.4) is 0 Å². The molecule has 1 aliphatic heterocycles. The highest BCUT2D eigenvalue weighted by molar-refractivity contribution is 5.99. The van der Waals surface area contributed by atoms with Gasteiger partial charge in [0.05, 0.1) is 18.0 Å². The van der Waals surface area contributed by atoms with Crippen molar-refractivity contribution in [1.29, 1.82) is 0 Å². The summed E-state index contributed by atoms with van der Waals surface area (Å²) in [6.07, 6.45) is 21.8. The van der Waals surface area contributed by atoms with E-state index < -0.39 is 17.3 Å². The fourth-order valence-electron chi connectivity index (χ4n) is 5.37. The molecule has 0 saturated carbocycles. The lowest BCUT2D eigenvalue weighted by atomic mass is 9.85. The van der Waals surface area contributed by atoms with Crippen molar-refractivity contribution < 1.29 is 23.9 Å². The summed E-state index contributed by atoms with van der Waals surface area (Å²) in [4.78, 5) is 38.0. The summed E-state index contributed by atoms with van der Waals surface area (Å²) in [6.45, 7) is 10.2. The van der Waals surface area contributed by atoms with Gasteiger partial charge < -0.3 is 25.4 Å². The normalized spacial score (nSPS) is 17.2. The van der Waals surface area contributed by atoms with Crippen molar-refractivity contribution in [3.05, 3.63) is 36.4 Å². The molecule has 3 N–H and O–H groups in total. The topological polar surface area (TPSA) is 106 Å². The summed E-state index contributed by atoms with van der Waals surface area (Å²) in [5, 5.41) is 8.62. The van der Waals surface area contributed by atoms with Crippen LogP contribution in [0.15, 0.2) is 36.4 Å². The zero-order valence-corrected chi connectivity index (χ0v) is 28.8. The Labute approximate surface area is 272 Å². The van der Waals surface area contributed by atoms with Crippen LogP contribution < -0.4 is 16.0 Å². The van der Waals surface area contributed by atoms with Crippen LogP contribution in [0.2, 0.25) is 0 Å². The molecule has 1 saturated heterocycles. The lowest BCUT2D eigenvalue weighted by Gasteiger charge is -2.44. The first-order chi connectivity index (χ1) is 21.5. The van der Waals surface area contributed by atoms with Gasteiger partial charge in [0.25, 0.3) is 0 Å². The zero-order valence-electron chi connectivity index (χ0n) is 28.8. The fourth-order valence-corrected chi connectivity index (χ4v) is 5.37. The van der Waals surface area contributed by atoms with E-state index in [0.717, 1.165) is 19.3 Å². The van der Waals surface area contributed by atoms with Crippen molar-refractivity contribution in [1.82, 2.24) is 5.32 Å².